The van der Waals surface area contributed by atoms with Crippen LogP contribution in [0.1, 0.15) is 17.5 Å². The van der Waals surface area contributed by atoms with Gasteiger partial charge in [0.25, 0.3) is 0 Å². The second-order valence-corrected chi connectivity index (χ2v) is 3.54. The smallest absolute Gasteiger partial charge is 0.0796 e. The van der Waals surface area contributed by atoms with Gasteiger partial charge in [-0.3, -0.25) is 0 Å². The lowest BCUT2D eigenvalue weighted by atomic mass is 9.84. The molecule has 0 heterocycles. The van der Waals surface area contributed by atoms with Crippen molar-refractivity contribution in [1.29, 1.82) is 0 Å². The lowest BCUT2D eigenvalue weighted by Crippen LogP contribution is -2.25. The summed E-state index contributed by atoms with van der Waals surface area (Å²) in [5.41, 5.74) is 2.02. The molecule has 1 aliphatic carbocycles. The zero-order chi connectivity index (χ0) is 9.31. The summed E-state index contributed by atoms with van der Waals surface area (Å²) in [5.74, 6) is 2.73. The maximum atomic E-state index is 9.32. The summed E-state index contributed by atoms with van der Waals surface area (Å²) < 4.78 is 0. The van der Waals surface area contributed by atoms with E-state index in [4.69, 9.17) is 6.42 Å². The Kier molecular flexibility index (Phi) is 1.86. The molecule has 1 aliphatic rings. The van der Waals surface area contributed by atoms with E-state index >= 15 is 0 Å². The number of hydrogen-bond donors (Lipinski definition) is 1. The van der Waals surface area contributed by atoms with Crippen molar-refractivity contribution in [3.05, 3.63) is 35.4 Å². The fourth-order valence-corrected chi connectivity index (χ4v) is 2.05. The highest BCUT2D eigenvalue weighted by molar-refractivity contribution is 5.45. The van der Waals surface area contributed by atoms with Crippen molar-refractivity contribution in [3.8, 4) is 12.3 Å². The largest absolute Gasteiger partial charge is 0.394 e. The van der Waals surface area contributed by atoms with Crippen LogP contribution >= 0.6 is 0 Å². The van der Waals surface area contributed by atoms with Crippen LogP contribution in [0.2, 0.25) is 0 Å². The van der Waals surface area contributed by atoms with E-state index < -0.39 is 5.41 Å². The summed E-state index contributed by atoms with van der Waals surface area (Å²) in [6, 6.07) is 8.11. The topological polar surface area (TPSA) is 20.2 Å². The van der Waals surface area contributed by atoms with Gasteiger partial charge in [0.1, 0.15) is 0 Å². The van der Waals surface area contributed by atoms with Crippen molar-refractivity contribution in [2.75, 3.05) is 6.61 Å². The van der Waals surface area contributed by atoms with Crippen LogP contribution < -0.4 is 0 Å². The number of benzene rings is 1. The first-order valence-corrected chi connectivity index (χ1v) is 4.49. The number of fused-ring (bicyclic) bond motifs is 1. The third-order valence-corrected chi connectivity index (χ3v) is 2.90. The first-order valence-electron chi connectivity index (χ1n) is 4.49. The number of aryl methyl sites for hydroxylation is 1. The van der Waals surface area contributed by atoms with Crippen LogP contribution in [0.3, 0.4) is 0 Å². The molecule has 0 spiro atoms. The lowest BCUT2D eigenvalue weighted by molar-refractivity contribution is 0.230. The minimum absolute atomic E-state index is 0.0561. The van der Waals surface area contributed by atoms with Crippen LogP contribution in [0.4, 0.5) is 0 Å². The van der Waals surface area contributed by atoms with Crippen molar-refractivity contribution in [3.63, 3.8) is 0 Å². The summed E-state index contributed by atoms with van der Waals surface area (Å²) in [4.78, 5) is 0. The van der Waals surface area contributed by atoms with Crippen LogP contribution in [-0.4, -0.2) is 11.7 Å². The zero-order valence-electron chi connectivity index (χ0n) is 7.46. The Bertz CT molecular complexity index is 362. The summed E-state index contributed by atoms with van der Waals surface area (Å²) in [6.07, 6.45) is 7.35. The van der Waals surface area contributed by atoms with Gasteiger partial charge < -0.3 is 5.11 Å². The predicted molar refractivity (Wildman–Crippen MR) is 52.4 cm³/mol. The molecule has 1 aromatic rings. The highest BCUT2D eigenvalue weighted by Crippen LogP contribution is 2.37. The quantitative estimate of drug-likeness (QED) is 0.636. The van der Waals surface area contributed by atoms with Gasteiger partial charge in [-0.25, -0.2) is 0 Å². The molecule has 66 valence electrons. The van der Waals surface area contributed by atoms with E-state index in [0.29, 0.717) is 0 Å². The normalized spacial score (nSPS) is 25.2. The second-order valence-electron chi connectivity index (χ2n) is 3.54. The van der Waals surface area contributed by atoms with Crippen LogP contribution in [0.15, 0.2) is 24.3 Å². The molecule has 0 unspecified atom stereocenters. The van der Waals surface area contributed by atoms with Crippen LogP contribution in [0.25, 0.3) is 0 Å². The molecule has 13 heavy (non-hydrogen) atoms. The molecule has 0 fully saturated rings. The van der Waals surface area contributed by atoms with E-state index in [1.165, 1.54) is 5.56 Å². The van der Waals surface area contributed by atoms with Crippen molar-refractivity contribution in [1.82, 2.24) is 0 Å². The molecule has 0 aliphatic heterocycles. The number of aliphatic hydroxyl groups is 1. The van der Waals surface area contributed by atoms with E-state index in [0.717, 1.165) is 18.4 Å². The van der Waals surface area contributed by atoms with E-state index in [1.807, 2.05) is 18.2 Å². The highest BCUT2D eigenvalue weighted by atomic mass is 16.3. The molecule has 0 aromatic heterocycles. The number of aliphatic hydroxyl groups excluding tert-OH is 1. The zero-order valence-corrected chi connectivity index (χ0v) is 7.46. The van der Waals surface area contributed by atoms with Gasteiger partial charge in [-0.1, -0.05) is 30.2 Å². The third kappa shape index (κ3) is 1.07. The molecule has 1 heteroatoms. The van der Waals surface area contributed by atoms with Gasteiger partial charge in [-0.2, -0.15) is 0 Å². The molecule has 2 rings (SSSR count). The predicted octanol–water partition coefficient (Wildman–Crippen LogP) is 1.50. The van der Waals surface area contributed by atoms with Gasteiger partial charge in [0.05, 0.1) is 12.0 Å². The van der Waals surface area contributed by atoms with Gasteiger partial charge in [-0.05, 0) is 24.0 Å². The van der Waals surface area contributed by atoms with Gasteiger partial charge in [0.15, 0.2) is 0 Å². The number of hydrogen-bond acceptors (Lipinski definition) is 1. The van der Waals surface area contributed by atoms with Crippen molar-refractivity contribution in [2.45, 2.75) is 18.3 Å². The van der Waals surface area contributed by atoms with Gasteiger partial charge in [0.2, 0.25) is 0 Å². The first kappa shape index (κ1) is 8.34. The minimum Gasteiger partial charge on any atom is -0.394 e. The average Bonchev–Trinajstić information content (AvgIpc) is 2.58. The molecular formula is C12H12O. The Morgan fingerprint density at radius 2 is 2.23 bits per heavy atom. The molecular weight excluding hydrogens is 160 g/mol. The Balaban J connectivity index is 2.55. The second kappa shape index (κ2) is 2.90. The van der Waals surface area contributed by atoms with Gasteiger partial charge >= 0.3 is 0 Å². The average molecular weight is 172 g/mol. The number of rotatable bonds is 1. The fourth-order valence-electron chi connectivity index (χ4n) is 2.05. The Morgan fingerprint density at radius 3 is 2.92 bits per heavy atom. The SMILES string of the molecule is C#C[C@]1(CO)CCc2ccccc21. The summed E-state index contributed by atoms with van der Waals surface area (Å²) in [5, 5.41) is 9.32. The van der Waals surface area contributed by atoms with E-state index in [1.54, 1.807) is 0 Å². The molecule has 0 amide bonds. The summed E-state index contributed by atoms with van der Waals surface area (Å²) in [6.45, 7) is 0.0561. The van der Waals surface area contributed by atoms with E-state index in [2.05, 4.69) is 12.0 Å². The summed E-state index contributed by atoms with van der Waals surface area (Å²) in [7, 11) is 0. The standard InChI is InChI=1S/C12H12O/c1-2-12(9-13)8-7-10-5-3-4-6-11(10)12/h1,3-6,13H,7-9H2/t12-/m1/s1. The van der Waals surface area contributed by atoms with Gasteiger partial charge in [0, 0.05) is 0 Å². The number of terminal acetylenes is 1. The Morgan fingerprint density at radius 1 is 1.46 bits per heavy atom. The minimum atomic E-state index is -0.406. The van der Waals surface area contributed by atoms with Gasteiger partial charge in [-0.15, -0.1) is 6.42 Å². The highest BCUT2D eigenvalue weighted by Gasteiger charge is 2.35. The van der Waals surface area contributed by atoms with Crippen molar-refractivity contribution in [2.24, 2.45) is 0 Å². The van der Waals surface area contributed by atoms with E-state index in [-0.39, 0.29) is 6.61 Å². The molecule has 1 atom stereocenters. The van der Waals surface area contributed by atoms with Crippen molar-refractivity contribution < 1.29 is 5.11 Å². The van der Waals surface area contributed by atoms with Crippen LogP contribution in [0, 0.1) is 12.3 Å². The third-order valence-electron chi connectivity index (χ3n) is 2.90. The molecule has 0 saturated heterocycles. The first-order chi connectivity index (χ1) is 6.32. The molecule has 1 nitrogen and oxygen atoms in total. The summed E-state index contributed by atoms with van der Waals surface area (Å²) >= 11 is 0. The maximum absolute atomic E-state index is 9.32. The molecule has 1 aromatic carbocycles. The fraction of sp³-hybridized carbons (Fsp3) is 0.333. The molecule has 1 N–H and O–H groups in total. The Hall–Kier alpha value is -1.26. The monoisotopic (exact) mass is 172 g/mol. The maximum Gasteiger partial charge on any atom is 0.0796 e. The van der Waals surface area contributed by atoms with Crippen molar-refractivity contribution >= 4 is 0 Å². The van der Waals surface area contributed by atoms with Crippen LogP contribution in [0.5, 0.6) is 0 Å². The van der Waals surface area contributed by atoms with E-state index in [9.17, 15) is 5.11 Å². The molecule has 0 bridgehead atoms. The lowest BCUT2D eigenvalue weighted by Gasteiger charge is -2.20. The van der Waals surface area contributed by atoms with Crippen LogP contribution in [-0.2, 0) is 11.8 Å². The molecule has 0 radical (unpaired) electrons. The molecule has 0 saturated carbocycles. The Labute approximate surface area is 78.4 Å².